The molecule has 1 radical (unpaired) electrons. The molecular formula is C10H10Au. The van der Waals surface area contributed by atoms with Crippen LogP contribution in [0.4, 0.5) is 0 Å². The van der Waals surface area contributed by atoms with Crippen molar-refractivity contribution in [3.05, 3.63) is 47.6 Å². The zero-order valence-corrected chi connectivity index (χ0v) is 8.35. The fraction of sp³-hybridized carbons (Fsp3) is 0.200. The molecular weight excluding hydrogens is 317 g/mol. The molecule has 0 N–H and O–H groups in total. The summed E-state index contributed by atoms with van der Waals surface area (Å²) in [5, 5.41) is 0. The van der Waals surface area contributed by atoms with Crippen LogP contribution in [-0.4, -0.2) is 0 Å². The summed E-state index contributed by atoms with van der Waals surface area (Å²) in [6.45, 7) is 0. The van der Waals surface area contributed by atoms with Gasteiger partial charge in [-0.15, -0.1) is 0 Å². The molecule has 0 amide bonds. The van der Waals surface area contributed by atoms with Crippen LogP contribution in [0, 0.1) is 0 Å². The quantitative estimate of drug-likeness (QED) is 0.650. The summed E-state index contributed by atoms with van der Waals surface area (Å²) in [6.07, 6.45) is 15.4. The molecule has 0 nitrogen and oxygen atoms in total. The summed E-state index contributed by atoms with van der Waals surface area (Å²) in [4.78, 5) is 0. The monoisotopic (exact) mass is 327 g/mol. The van der Waals surface area contributed by atoms with Gasteiger partial charge in [-0.05, 0) is 24.0 Å². The maximum absolute atomic E-state index is 2.21. The second-order valence-corrected chi connectivity index (χ2v) is 2.65. The molecule has 2 aliphatic carbocycles. The fourth-order valence-electron chi connectivity index (χ4n) is 1.37. The second kappa shape index (κ2) is 3.91. The van der Waals surface area contributed by atoms with Gasteiger partial charge in [-0.2, -0.15) is 0 Å². The van der Waals surface area contributed by atoms with E-state index in [1.165, 1.54) is 11.1 Å². The maximum atomic E-state index is 2.21. The SMILES string of the molecule is C1=CCC(C2=CC=CC2)=C1.[Au]. The van der Waals surface area contributed by atoms with Gasteiger partial charge < -0.3 is 0 Å². The number of hydrogen-bond acceptors (Lipinski definition) is 0. The van der Waals surface area contributed by atoms with Crippen molar-refractivity contribution in [3.63, 3.8) is 0 Å². The number of hydrogen-bond donors (Lipinski definition) is 0. The largest absolute Gasteiger partial charge is 0.0801 e. The van der Waals surface area contributed by atoms with Gasteiger partial charge in [-0.1, -0.05) is 36.5 Å². The van der Waals surface area contributed by atoms with Gasteiger partial charge in [0.05, 0.1) is 0 Å². The van der Waals surface area contributed by atoms with Gasteiger partial charge in [-0.3, -0.25) is 0 Å². The first-order valence-electron chi connectivity index (χ1n) is 3.68. The molecule has 0 bridgehead atoms. The Morgan fingerprint density at radius 1 is 0.818 bits per heavy atom. The molecule has 0 saturated carbocycles. The van der Waals surface area contributed by atoms with Crippen molar-refractivity contribution in [2.24, 2.45) is 0 Å². The second-order valence-electron chi connectivity index (χ2n) is 2.65. The Morgan fingerprint density at radius 3 is 1.55 bits per heavy atom. The topological polar surface area (TPSA) is 0 Å². The Kier molecular flexibility index (Phi) is 3.13. The molecule has 61 valence electrons. The van der Waals surface area contributed by atoms with Gasteiger partial charge in [0, 0.05) is 22.4 Å². The molecule has 2 rings (SSSR count). The molecule has 0 aromatic rings. The molecule has 0 atom stereocenters. The third-order valence-corrected chi connectivity index (χ3v) is 1.95. The normalized spacial score (nSPS) is 19.6. The standard InChI is InChI=1S/C10H10.Au/c1-2-6-9(5-1)10-7-3-4-8-10;/h1-5,7H,6,8H2;. The van der Waals surface area contributed by atoms with Crippen LogP contribution in [0.3, 0.4) is 0 Å². The van der Waals surface area contributed by atoms with Gasteiger partial charge in [-0.25, -0.2) is 0 Å². The van der Waals surface area contributed by atoms with Crippen molar-refractivity contribution in [1.82, 2.24) is 0 Å². The molecule has 0 spiro atoms. The van der Waals surface area contributed by atoms with Crippen LogP contribution in [0.25, 0.3) is 0 Å². The molecule has 0 aliphatic heterocycles. The van der Waals surface area contributed by atoms with Crippen LogP contribution in [0.1, 0.15) is 12.8 Å². The van der Waals surface area contributed by atoms with E-state index >= 15 is 0 Å². The number of allylic oxidation sites excluding steroid dienone is 8. The van der Waals surface area contributed by atoms with E-state index in [0.717, 1.165) is 12.8 Å². The molecule has 0 aromatic carbocycles. The summed E-state index contributed by atoms with van der Waals surface area (Å²) in [5.41, 5.74) is 2.98. The minimum absolute atomic E-state index is 0. The molecule has 0 fully saturated rings. The van der Waals surface area contributed by atoms with Crippen LogP contribution < -0.4 is 0 Å². The number of rotatable bonds is 1. The van der Waals surface area contributed by atoms with Gasteiger partial charge in [0.25, 0.3) is 0 Å². The molecule has 0 saturated heterocycles. The van der Waals surface area contributed by atoms with E-state index in [0.29, 0.717) is 0 Å². The van der Waals surface area contributed by atoms with Crippen LogP contribution in [0.5, 0.6) is 0 Å². The van der Waals surface area contributed by atoms with Crippen LogP contribution >= 0.6 is 0 Å². The Morgan fingerprint density at radius 2 is 1.27 bits per heavy atom. The first-order chi connectivity index (χ1) is 4.97. The van der Waals surface area contributed by atoms with Gasteiger partial charge in [0.1, 0.15) is 0 Å². The average Bonchev–Trinajstić information content (AvgIpc) is 2.59. The van der Waals surface area contributed by atoms with Crippen molar-refractivity contribution in [1.29, 1.82) is 0 Å². The summed E-state index contributed by atoms with van der Waals surface area (Å²) in [6, 6.07) is 0. The van der Waals surface area contributed by atoms with Crippen molar-refractivity contribution in [3.8, 4) is 0 Å². The molecule has 0 unspecified atom stereocenters. The third-order valence-electron chi connectivity index (χ3n) is 1.95. The zero-order valence-electron chi connectivity index (χ0n) is 6.18. The van der Waals surface area contributed by atoms with E-state index < -0.39 is 0 Å². The van der Waals surface area contributed by atoms with Crippen molar-refractivity contribution in [2.45, 2.75) is 12.8 Å². The predicted molar refractivity (Wildman–Crippen MR) is 43.7 cm³/mol. The summed E-state index contributed by atoms with van der Waals surface area (Å²) in [5.74, 6) is 0. The third kappa shape index (κ3) is 1.84. The maximum Gasteiger partial charge on any atom is 0 e. The summed E-state index contributed by atoms with van der Waals surface area (Å²) in [7, 11) is 0. The van der Waals surface area contributed by atoms with E-state index in [-0.39, 0.29) is 22.4 Å². The van der Waals surface area contributed by atoms with E-state index in [1.807, 2.05) is 0 Å². The van der Waals surface area contributed by atoms with E-state index in [4.69, 9.17) is 0 Å². The predicted octanol–water partition coefficient (Wildman–Crippen LogP) is 2.76. The fourth-order valence-corrected chi connectivity index (χ4v) is 1.37. The van der Waals surface area contributed by atoms with Gasteiger partial charge in [0.15, 0.2) is 0 Å². The molecule has 0 aromatic heterocycles. The molecule has 2 aliphatic rings. The van der Waals surface area contributed by atoms with Crippen molar-refractivity contribution in [2.75, 3.05) is 0 Å². The van der Waals surface area contributed by atoms with Gasteiger partial charge in [0.2, 0.25) is 0 Å². The Balaban J connectivity index is 0.000000605. The van der Waals surface area contributed by atoms with Crippen LogP contribution in [0.2, 0.25) is 0 Å². The minimum atomic E-state index is 0. The van der Waals surface area contributed by atoms with E-state index in [2.05, 4.69) is 36.5 Å². The van der Waals surface area contributed by atoms with Crippen LogP contribution in [0.15, 0.2) is 47.6 Å². The smallest absolute Gasteiger partial charge is 0 e. The Bertz CT molecular complexity index is 226. The zero-order chi connectivity index (χ0) is 6.81. The van der Waals surface area contributed by atoms with E-state index in [9.17, 15) is 0 Å². The van der Waals surface area contributed by atoms with E-state index in [1.54, 1.807) is 0 Å². The van der Waals surface area contributed by atoms with Crippen LogP contribution in [-0.2, 0) is 22.4 Å². The van der Waals surface area contributed by atoms with Crippen molar-refractivity contribution < 1.29 is 22.4 Å². The Hall–Kier alpha value is -0.300. The molecule has 11 heavy (non-hydrogen) atoms. The average molecular weight is 327 g/mol. The molecule has 0 heterocycles. The van der Waals surface area contributed by atoms with Gasteiger partial charge >= 0.3 is 0 Å². The first kappa shape index (κ1) is 8.79. The first-order valence-corrected chi connectivity index (χ1v) is 3.68. The summed E-state index contributed by atoms with van der Waals surface area (Å²) < 4.78 is 0. The Labute approximate surface area is 82.9 Å². The minimum Gasteiger partial charge on any atom is -0.0801 e. The summed E-state index contributed by atoms with van der Waals surface area (Å²) >= 11 is 0. The van der Waals surface area contributed by atoms with Crippen molar-refractivity contribution >= 4 is 0 Å². The molecule has 1 heteroatoms.